The quantitative estimate of drug-likeness (QED) is 0.792. The van der Waals surface area contributed by atoms with E-state index in [-0.39, 0.29) is 17.3 Å². The van der Waals surface area contributed by atoms with Crippen LogP contribution in [0.1, 0.15) is 11.5 Å². The first-order valence-electron chi connectivity index (χ1n) is 6.72. The first kappa shape index (κ1) is 15.9. The summed E-state index contributed by atoms with van der Waals surface area (Å²) in [5.74, 6) is 0.234. The molecule has 1 amide bonds. The molecule has 0 aromatic carbocycles. The fourth-order valence-corrected chi connectivity index (χ4v) is 4.10. The van der Waals surface area contributed by atoms with Crippen molar-refractivity contribution in [3.05, 3.63) is 11.5 Å². The van der Waals surface area contributed by atoms with Crippen LogP contribution < -0.4 is 5.32 Å². The van der Waals surface area contributed by atoms with E-state index in [9.17, 15) is 13.2 Å². The maximum Gasteiger partial charge on any atom is 0.248 e. The summed E-state index contributed by atoms with van der Waals surface area (Å²) in [7, 11) is -2.00. The summed E-state index contributed by atoms with van der Waals surface area (Å²) in [4.78, 5) is 13.4. The van der Waals surface area contributed by atoms with Crippen LogP contribution in [0.4, 0.5) is 0 Å². The van der Waals surface area contributed by atoms with Gasteiger partial charge in [0.05, 0.1) is 6.54 Å². The Morgan fingerprint density at radius 2 is 1.90 bits per heavy atom. The topological polar surface area (TPSA) is 95.8 Å². The summed E-state index contributed by atoms with van der Waals surface area (Å²) in [6, 6.07) is 0. The molecule has 0 saturated carbocycles. The highest BCUT2D eigenvalue weighted by atomic mass is 32.2. The minimum absolute atomic E-state index is 0.0722. The zero-order valence-electron chi connectivity index (χ0n) is 12.4. The zero-order chi connectivity index (χ0) is 15.6. The molecule has 21 heavy (non-hydrogen) atoms. The number of aryl methyl sites for hydroxylation is 2. The lowest BCUT2D eigenvalue weighted by atomic mass is 10.3. The smallest absolute Gasteiger partial charge is 0.248 e. The number of piperazine rings is 1. The molecule has 0 aliphatic carbocycles. The third-order valence-electron chi connectivity index (χ3n) is 3.54. The second-order valence-electron chi connectivity index (χ2n) is 5.01. The first-order chi connectivity index (χ1) is 9.86. The van der Waals surface area contributed by atoms with Gasteiger partial charge >= 0.3 is 0 Å². The van der Waals surface area contributed by atoms with Crippen molar-refractivity contribution in [2.45, 2.75) is 18.7 Å². The Bertz CT molecular complexity index is 598. The third kappa shape index (κ3) is 3.25. The number of carbonyl (C=O) groups is 1. The highest BCUT2D eigenvalue weighted by Crippen LogP contribution is 2.24. The fraction of sp³-hybridized carbons (Fsp3) is 0.667. The second kappa shape index (κ2) is 6.12. The molecule has 1 aromatic heterocycles. The Morgan fingerprint density at radius 3 is 2.38 bits per heavy atom. The van der Waals surface area contributed by atoms with Gasteiger partial charge in [0.15, 0.2) is 5.76 Å². The van der Waals surface area contributed by atoms with Gasteiger partial charge in [0.25, 0.3) is 0 Å². The van der Waals surface area contributed by atoms with Crippen molar-refractivity contribution in [2.24, 2.45) is 0 Å². The number of carbonyl (C=O) groups excluding carboxylic acids is 1. The number of amides is 1. The maximum absolute atomic E-state index is 12.6. The average Bonchev–Trinajstić information content (AvgIpc) is 2.79. The molecule has 1 aromatic rings. The number of likely N-dealkylation sites (N-methyl/N-ethyl adjacent to an activating group) is 1. The molecule has 0 bridgehead atoms. The van der Waals surface area contributed by atoms with Crippen molar-refractivity contribution in [1.82, 2.24) is 19.7 Å². The van der Waals surface area contributed by atoms with Gasteiger partial charge in [-0.3, -0.25) is 9.69 Å². The normalized spacial score (nSPS) is 17.9. The van der Waals surface area contributed by atoms with Crippen LogP contribution in [0.25, 0.3) is 0 Å². The van der Waals surface area contributed by atoms with Crippen molar-refractivity contribution in [3.8, 4) is 0 Å². The summed E-state index contributed by atoms with van der Waals surface area (Å²) in [5, 5.41) is 6.26. The molecule has 1 aliphatic heterocycles. The lowest BCUT2D eigenvalue weighted by Crippen LogP contribution is -2.50. The summed E-state index contributed by atoms with van der Waals surface area (Å²) < 4.78 is 31.6. The molecule has 1 fully saturated rings. The molecule has 8 nitrogen and oxygen atoms in total. The van der Waals surface area contributed by atoms with Crippen LogP contribution in [0.15, 0.2) is 9.42 Å². The third-order valence-corrected chi connectivity index (χ3v) is 5.69. The molecule has 118 valence electrons. The van der Waals surface area contributed by atoms with Gasteiger partial charge in [0, 0.05) is 33.2 Å². The van der Waals surface area contributed by atoms with E-state index in [0.29, 0.717) is 37.6 Å². The monoisotopic (exact) mass is 316 g/mol. The molecule has 0 spiro atoms. The van der Waals surface area contributed by atoms with Gasteiger partial charge in [0.2, 0.25) is 15.9 Å². The molecular formula is C12H20N4O4S. The molecule has 2 heterocycles. The minimum Gasteiger partial charge on any atom is -0.360 e. The van der Waals surface area contributed by atoms with Gasteiger partial charge in [0.1, 0.15) is 10.6 Å². The van der Waals surface area contributed by atoms with Gasteiger partial charge in [-0.1, -0.05) is 5.16 Å². The van der Waals surface area contributed by atoms with Gasteiger partial charge < -0.3 is 9.84 Å². The summed E-state index contributed by atoms with van der Waals surface area (Å²) in [6.07, 6.45) is 0. The van der Waals surface area contributed by atoms with Gasteiger partial charge in [-0.25, -0.2) is 8.42 Å². The second-order valence-corrected chi connectivity index (χ2v) is 6.88. The molecule has 1 N–H and O–H groups in total. The van der Waals surface area contributed by atoms with Crippen LogP contribution >= 0.6 is 0 Å². The van der Waals surface area contributed by atoms with Crippen LogP contribution in [-0.2, 0) is 14.8 Å². The number of sulfonamides is 1. The summed E-state index contributed by atoms with van der Waals surface area (Å²) >= 11 is 0. The molecule has 0 radical (unpaired) electrons. The van der Waals surface area contributed by atoms with Crippen LogP contribution in [0, 0.1) is 13.8 Å². The van der Waals surface area contributed by atoms with Gasteiger partial charge in [-0.05, 0) is 13.8 Å². The largest absolute Gasteiger partial charge is 0.360 e. The van der Waals surface area contributed by atoms with E-state index in [4.69, 9.17) is 4.52 Å². The predicted molar refractivity (Wildman–Crippen MR) is 75.2 cm³/mol. The Hall–Kier alpha value is -1.45. The molecule has 2 rings (SSSR count). The summed E-state index contributed by atoms with van der Waals surface area (Å²) in [5.41, 5.74) is 0.375. The van der Waals surface area contributed by atoms with E-state index in [1.54, 1.807) is 20.9 Å². The zero-order valence-corrected chi connectivity index (χ0v) is 13.2. The summed E-state index contributed by atoms with van der Waals surface area (Å²) in [6.45, 7) is 5.24. The lowest BCUT2D eigenvalue weighted by molar-refractivity contribution is -0.122. The van der Waals surface area contributed by atoms with E-state index < -0.39 is 10.0 Å². The first-order valence-corrected chi connectivity index (χ1v) is 8.16. The Morgan fingerprint density at radius 1 is 1.29 bits per heavy atom. The number of nitrogens with zero attached hydrogens (tertiary/aromatic N) is 3. The van der Waals surface area contributed by atoms with E-state index in [2.05, 4.69) is 10.5 Å². The standard InChI is InChI=1S/C12H20N4O4S/c1-9-12(10(2)20-14-9)21(18,19)16-6-4-15(5-7-16)8-11(17)13-3/h4-8H2,1-3H3,(H,13,17). The lowest BCUT2D eigenvalue weighted by Gasteiger charge is -2.33. The molecule has 1 saturated heterocycles. The Balaban J connectivity index is 2.07. The van der Waals surface area contributed by atoms with Gasteiger partial charge in [-0.2, -0.15) is 4.31 Å². The number of aromatic nitrogens is 1. The molecular weight excluding hydrogens is 296 g/mol. The van der Waals surface area contributed by atoms with Crippen LogP contribution in [0.3, 0.4) is 0 Å². The Kier molecular flexibility index (Phi) is 4.64. The average molecular weight is 316 g/mol. The Labute approximate surface area is 124 Å². The van der Waals surface area contributed by atoms with Crippen molar-refractivity contribution >= 4 is 15.9 Å². The molecule has 0 unspecified atom stereocenters. The van der Waals surface area contributed by atoms with Gasteiger partial charge in [-0.15, -0.1) is 0 Å². The number of nitrogens with one attached hydrogen (secondary N) is 1. The van der Waals surface area contributed by atoms with Crippen LogP contribution in [-0.4, -0.2) is 68.5 Å². The number of hydrogen-bond acceptors (Lipinski definition) is 6. The van der Waals surface area contributed by atoms with E-state index in [0.717, 1.165) is 0 Å². The fourth-order valence-electron chi connectivity index (χ4n) is 2.38. The van der Waals surface area contributed by atoms with Crippen LogP contribution in [0.5, 0.6) is 0 Å². The predicted octanol–water partition coefficient (Wildman–Crippen LogP) is -0.656. The highest BCUT2D eigenvalue weighted by Gasteiger charge is 2.33. The number of rotatable bonds is 4. The van der Waals surface area contributed by atoms with Crippen molar-refractivity contribution in [3.63, 3.8) is 0 Å². The van der Waals surface area contributed by atoms with Crippen molar-refractivity contribution in [1.29, 1.82) is 0 Å². The van der Waals surface area contributed by atoms with Crippen molar-refractivity contribution < 1.29 is 17.7 Å². The minimum atomic E-state index is -3.59. The van der Waals surface area contributed by atoms with Crippen molar-refractivity contribution in [2.75, 3.05) is 39.8 Å². The van der Waals surface area contributed by atoms with E-state index >= 15 is 0 Å². The SMILES string of the molecule is CNC(=O)CN1CCN(S(=O)(=O)c2c(C)noc2C)CC1. The molecule has 9 heteroatoms. The molecule has 0 atom stereocenters. The van der Waals surface area contributed by atoms with E-state index in [1.165, 1.54) is 4.31 Å². The van der Waals surface area contributed by atoms with Crippen LogP contribution in [0.2, 0.25) is 0 Å². The maximum atomic E-state index is 12.6. The molecule has 1 aliphatic rings. The highest BCUT2D eigenvalue weighted by molar-refractivity contribution is 7.89. The van der Waals surface area contributed by atoms with E-state index in [1.807, 2.05) is 4.90 Å². The number of hydrogen-bond donors (Lipinski definition) is 1.